The Balaban J connectivity index is 0.00000133. The number of nitrogens with one attached hydrogen (secondary N) is 1. The number of aryl methyl sites for hydroxylation is 1. The molecule has 102 valence electrons. The molecule has 0 saturated heterocycles. The smallest absolute Gasteiger partial charge is 0.193 e. The van der Waals surface area contributed by atoms with Crippen molar-refractivity contribution in [3.05, 3.63) is 35.7 Å². The van der Waals surface area contributed by atoms with Gasteiger partial charge in [0.05, 0.1) is 13.6 Å². The Hall–Kier alpha value is -1.66. The first-order valence-electron chi connectivity index (χ1n) is 6.09. The van der Waals surface area contributed by atoms with Gasteiger partial charge >= 0.3 is 0 Å². The lowest BCUT2D eigenvalue weighted by Gasteiger charge is -2.22. The highest BCUT2D eigenvalue weighted by Crippen LogP contribution is 2.22. The van der Waals surface area contributed by atoms with Gasteiger partial charge in [0.15, 0.2) is 5.82 Å². The summed E-state index contributed by atoms with van der Waals surface area (Å²) in [4.78, 5) is 3.80. The van der Waals surface area contributed by atoms with Crippen LogP contribution in [0.5, 0.6) is 0 Å². The van der Waals surface area contributed by atoms with Crippen molar-refractivity contribution in [2.75, 3.05) is 18.0 Å². The molecule has 0 atom stereocenters. The van der Waals surface area contributed by atoms with Gasteiger partial charge in [-0.3, -0.25) is 0 Å². The van der Waals surface area contributed by atoms with Gasteiger partial charge in [-0.2, -0.15) is 4.80 Å². The number of halogens is 1. The Morgan fingerprint density at radius 2 is 2.16 bits per heavy atom. The van der Waals surface area contributed by atoms with Crippen LogP contribution in [0.1, 0.15) is 11.4 Å². The molecule has 2 heterocycles. The van der Waals surface area contributed by atoms with Gasteiger partial charge in [0.25, 0.3) is 0 Å². The third-order valence-corrected chi connectivity index (χ3v) is 3.09. The molecule has 6 nitrogen and oxygen atoms in total. The molecule has 1 aromatic heterocycles. The van der Waals surface area contributed by atoms with Gasteiger partial charge in [0, 0.05) is 25.3 Å². The van der Waals surface area contributed by atoms with Gasteiger partial charge in [-0.05, 0) is 16.8 Å². The summed E-state index contributed by atoms with van der Waals surface area (Å²) in [6, 6.07) is 8.45. The lowest BCUT2D eigenvalue weighted by molar-refractivity contribution is 0.625. The molecule has 0 amide bonds. The van der Waals surface area contributed by atoms with Crippen molar-refractivity contribution in [1.82, 2.24) is 25.5 Å². The van der Waals surface area contributed by atoms with Crippen LogP contribution >= 0.6 is 12.4 Å². The molecule has 1 N–H and O–H groups in total. The van der Waals surface area contributed by atoms with E-state index in [0.29, 0.717) is 6.54 Å². The van der Waals surface area contributed by atoms with Crippen molar-refractivity contribution in [3.63, 3.8) is 0 Å². The highest BCUT2D eigenvalue weighted by molar-refractivity contribution is 5.85. The molecule has 0 bridgehead atoms. The molecule has 2 aromatic rings. The monoisotopic (exact) mass is 280 g/mol. The average molecular weight is 281 g/mol. The Kier molecular flexibility index (Phi) is 4.34. The maximum Gasteiger partial charge on any atom is 0.193 e. The third kappa shape index (κ3) is 3.02. The lowest BCUT2D eigenvalue weighted by Crippen LogP contribution is -2.28. The minimum atomic E-state index is 0. The van der Waals surface area contributed by atoms with Crippen LogP contribution in [0.25, 0.3) is 0 Å². The largest absolute Gasteiger partial charge is 0.362 e. The van der Waals surface area contributed by atoms with Crippen LogP contribution in [0.15, 0.2) is 24.3 Å². The molecule has 0 fully saturated rings. The summed E-state index contributed by atoms with van der Waals surface area (Å²) >= 11 is 0. The molecular formula is C12H17ClN6. The quantitative estimate of drug-likeness (QED) is 0.879. The zero-order valence-electron chi connectivity index (χ0n) is 10.8. The van der Waals surface area contributed by atoms with Crippen LogP contribution < -0.4 is 10.2 Å². The second-order valence-electron chi connectivity index (χ2n) is 4.42. The zero-order valence-corrected chi connectivity index (χ0v) is 11.6. The van der Waals surface area contributed by atoms with Crippen LogP contribution in [-0.2, 0) is 20.1 Å². The predicted molar refractivity (Wildman–Crippen MR) is 75.2 cm³/mol. The summed E-state index contributed by atoms with van der Waals surface area (Å²) in [6.45, 7) is 3.54. The van der Waals surface area contributed by atoms with E-state index in [9.17, 15) is 0 Å². The van der Waals surface area contributed by atoms with E-state index >= 15 is 0 Å². The Morgan fingerprint density at radius 1 is 1.32 bits per heavy atom. The first-order chi connectivity index (χ1) is 8.83. The molecular weight excluding hydrogens is 264 g/mol. The number of anilines is 1. The topological polar surface area (TPSA) is 58.9 Å². The fourth-order valence-electron chi connectivity index (χ4n) is 2.25. The highest BCUT2D eigenvalue weighted by atomic mass is 35.5. The molecule has 0 saturated carbocycles. The maximum atomic E-state index is 4.24. The highest BCUT2D eigenvalue weighted by Gasteiger charge is 2.16. The normalized spacial score (nSPS) is 14.5. The summed E-state index contributed by atoms with van der Waals surface area (Å²) in [5, 5.41) is 15.6. The molecule has 0 unspecified atom stereocenters. The fourth-order valence-corrected chi connectivity index (χ4v) is 2.25. The predicted octanol–water partition coefficient (Wildman–Crippen LogP) is 0.742. The summed E-state index contributed by atoms with van der Waals surface area (Å²) in [5.41, 5.74) is 2.58. The van der Waals surface area contributed by atoms with E-state index in [-0.39, 0.29) is 12.4 Å². The first kappa shape index (κ1) is 13.8. The minimum absolute atomic E-state index is 0. The molecule has 7 heteroatoms. The van der Waals surface area contributed by atoms with Crippen LogP contribution in [0.2, 0.25) is 0 Å². The Labute approximate surface area is 118 Å². The molecule has 0 aliphatic carbocycles. The van der Waals surface area contributed by atoms with Gasteiger partial charge in [-0.15, -0.1) is 22.6 Å². The van der Waals surface area contributed by atoms with E-state index in [2.05, 4.69) is 49.9 Å². The Bertz CT molecular complexity index is 541. The lowest BCUT2D eigenvalue weighted by atomic mass is 10.1. The molecule has 3 rings (SSSR count). The van der Waals surface area contributed by atoms with E-state index in [0.717, 1.165) is 25.5 Å². The van der Waals surface area contributed by atoms with Crippen molar-refractivity contribution in [3.8, 4) is 0 Å². The summed E-state index contributed by atoms with van der Waals surface area (Å²) in [7, 11) is 1.79. The number of hydrogen-bond donors (Lipinski definition) is 1. The standard InChI is InChI=1S/C12H16N6.ClH/c1-17-15-12(14-16-17)9-18-7-6-13-8-10-4-2-3-5-11(10)18;/h2-5,13H,6-9H2,1H3;1H. The molecule has 0 radical (unpaired) electrons. The van der Waals surface area contributed by atoms with E-state index < -0.39 is 0 Å². The van der Waals surface area contributed by atoms with Crippen molar-refractivity contribution in [2.24, 2.45) is 7.05 Å². The summed E-state index contributed by atoms with van der Waals surface area (Å²) in [5.74, 6) is 0.759. The average Bonchev–Trinajstić information content (AvgIpc) is 2.68. The summed E-state index contributed by atoms with van der Waals surface area (Å²) < 4.78 is 0. The first-order valence-corrected chi connectivity index (χ1v) is 6.09. The van der Waals surface area contributed by atoms with Gasteiger partial charge < -0.3 is 10.2 Å². The van der Waals surface area contributed by atoms with E-state index in [1.165, 1.54) is 16.0 Å². The van der Waals surface area contributed by atoms with Crippen molar-refractivity contribution in [2.45, 2.75) is 13.1 Å². The van der Waals surface area contributed by atoms with E-state index in [1.807, 2.05) is 0 Å². The Morgan fingerprint density at radius 3 is 2.95 bits per heavy atom. The van der Waals surface area contributed by atoms with E-state index in [1.54, 1.807) is 7.05 Å². The van der Waals surface area contributed by atoms with Gasteiger partial charge in [-0.1, -0.05) is 18.2 Å². The molecule has 0 spiro atoms. The fraction of sp³-hybridized carbons (Fsp3) is 0.417. The molecule has 1 aliphatic rings. The van der Waals surface area contributed by atoms with Gasteiger partial charge in [0.2, 0.25) is 0 Å². The minimum Gasteiger partial charge on any atom is -0.362 e. The maximum absolute atomic E-state index is 4.24. The number of aromatic nitrogens is 4. The van der Waals surface area contributed by atoms with Crippen LogP contribution in [0.4, 0.5) is 5.69 Å². The molecule has 1 aliphatic heterocycles. The van der Waals surface area contributed by atoms with Crippen molar-refractivity contribution < 1.29 is 0 Å². The van der Waals surface area contributed by atoms with Gasteiger partial charge in [-0.25, -0.2) is 0 Å². The number of fused-ring (bicyclic) bond motifs is 1. The summed E-state index contributed by atoms with van der Waals surface area (Å²) in [6.07, 6.45) is 0. The second kappa shape index (κ2) is 5.99. The van der Waals surface area contributed by atoms with Crippen molar-refractivity contribution in [1.29, 1.82) is 0 Å². The van der Waals surface area contributed by atoms with Crippen LogP contribution in [-0.4, -0.2) is 33.3 Å². The van der Waals surface area contributed by atoms with Crippen LogP contribution in [0.3, 0.4) is 0 Å². The second-order valence-corrected chi connectivity index (χ2v) is 4.42. The number of hydrogen-bond acceptors (Lipinski definition) is 5. The number of rotatable bonds is 2. The number of benzene rings is 1. The number of tetrazole rings is 1. The van der Waals surface area contributed by atoms with Crippen molar-refractivity contribution >= 4 is 18.1 Å². The number of para-hydroxylation sites is 1. The molecule has 1 aromatic carbocycles. The van der Waals surface area contributed by atoms with Crippen LogP contribution in [0, 0.1) is 0 Å². The molecule has 19 heavy (non-hydrogen) atoms. The van der Waals surface area contributed by atoms with E-state index in [4.69, 9.17) is 0 Å². The van der Waals surface area contributed by atoms with Gasteiger partial charge in [0.1, 0.15) is 0 Å². The number of nitrogens with zero attached hydrogens (tertiary/aromatic N) is 5. The zero-order chi connectivity index (χ0) is 12.4. The SMILES string of the molecule is Cl.Cn1nnc(CN2CCNCc3ccccc32)n1. The third-order valence-electron chi connectivity index (χ3n) is 3.09.